The van der Waals surface area contributed by atoms with Gasteiger partial charge in [-0.05, 0) is 60.4 Å². The van der Waals surface area contributed by atoms with E-state index in [1.54, 1.807) is 68.4 Å². The summed E-state index contributed by atoms with van der Waals surface area (Å²) < 4.78 is 40.3. The van der Waals surface area contributed by atoms with Crippen LogP contribution in [0, 0.1) is 5.92 Å². The van der Waals surface area contributed by atoms with E-state index in [2.05, 4.69) is 21.3 Å². The van der Waals surface area contributed by atoms with E-state index in [4.69, 9.17) is 5.73 Å². The van der Waals surface area contributed by atoms with Crippen LogP contribution in [0.2, 0.25) is 0 Å². The maximum absolute atomic E-state index is 13.9. The normalized spacial score (nSPS) is 16.0. The fourth-order valence-electron chi connectivity index (χ4n) is 5.93. The highest BCUT2D eigenvalue weighted by Crippen LogP contribution is 2.33. The molecule has 1 saturated carbocycles. The minimum absolute atomic E-state index is 0.0101. The summed E-state index contributed by atoms with van der Waals surface area (Å²) in [7, 11) is 0. The number of nitrogens with two attached hydrogens (primary N) is 1. The molecule has 4 rings (SSSR count). The number of aliphatic hydroxyl groups is 1. The van der Waals surface area contributed by atoms with Gasteiger partial charge in [-0.15, -0.1) is 0 Å². The predicted molar refractivity (Wildman–Crippen MR) is 187 cm³/mol. The minimum Gasteiger partial charge on any atom is -0.382 e. The lowest BCUT2D eigenvalue weighted by atomic mass is 9.75. The maximum Gasteiger partial charge on any atom is 0.416 e. The molecule has 11 nitrogen and oxygen atoms in total. The predicted octanol–water partition coefficient (Wildman–Crippen LogP) is 3.55. The van der Waals surface area contributed by atoms with Crippen molar-refractivity contribution in [1.29, 1.82) is 0 Å². The number of benzene rings is 3. The number of amides is 5. The van der Waals surface area contributed by atoms with Gasteiger partial charge in [0.1, 0.15) is 17.6 Å². The Kier molecular flexibility index (Phi) is 13.2. The molecule has 1 aliphatic carbocycles. The van der Waals surface area contributed by atoms with Gasteiger partial charge in [0.05, 0.1) is 6.04 Å². The lowest BCUT2D eigenvalue weighted by molar-refractivity contribution is -0.213. The second kappa shape index (κ2) is 17.3. The van der Waals surface area contributed by atoms with Crippen molar-refractivity contribution in [3.63, 3.8) is 0 Å². The lowest BCUT2D eigenvalue weighted by Gasteiger charge is -2.43. The first-order chi connectivity index (χ1) is 24.6. The Labute approximate surface area is 299 Å². The second-order valence-electron chi connectivity index (χ2n) is 13.4. The van der Waals surface area contributed by atoms with Crippen LogP contribution in [0.3, 0.4) is 0 Å². The number of rotatable bonds is 16. The van der Waals surface area contributed by atoms with Crippen LogP contribution in [0.1, 0.15) is 61.9 Å². The second-order valence-corrected chi connectivity index (χ2v) is 13.4. The van der Waals surface area contributed by atoms with E-state index in [-0.39, 0.29) is 19.3 Å². The van der Waals surface area contributed by atoms with Crippen molar-refractivity contribution in [3.8, 4) is 11.1 Å². The van der Waals surface area contributed by atoms with Gasteiger partial charge in [-0.2, -0.15) is 13.2 Å². The fraction of sp³-hybridized carbons (Fsp3) is 0.395. The van der Waals surface area contributed by atoms with E-state index in [1.165, 1.54) is 0 Å². The molecule has 1 fully saturated rings. The molecule has 278 valence electrons. The third kappa shape index (κ3) is 10.4. The highest BCUT2D eigenvalue weighted by atomic mass is 19.4. The van der Waals surface area contributed by atoms with Crippen molar-refractivity contribution in [2.75, 3.05) is 0 Å². The van der Waals surface area contributed by atoms with Gasteiger partial charge in [-0.3, -0.25) is 24.0 Å². The Morgan fingerprint density at radius 1 is 0.808 bits per heavy atom. The van der Waals surface area contributed by atoms with Crippen LogP contribution in [0.4, 0.5) is 13.2 Å². The molecule has 3 aromatic rings. The van der Waals surface area contributed by atoms with Gasteiger partial charge in [0, 0.05) is 18.4 Å². The zero-order valence-electron chi connectivity index (χ0n) is 28.9. The van der Waals surface area contributed by atoms with Crippen LogP contribution in [0.5, 0.6) is 0 Å². The van der Waals surface area contributed by atoms with Gasteiger partial charge >= 0.3 is 6.18 Å². The highest BCUT2D eigenvalue weighted by Gasteiger charge is 2.50. The van der Waals surface area contributed by atoms with Gasteiger partial charge < -0.3 is 32.1 Å². The van der Waals surface area contributed by atoms with Crippen molar-refractivity contribution in [1.82, 2.24) is 21.3 Å². The van der Waals surface area contributed by atoms with E-state index >= 15 is 0 Å². The van der Waals surface area contributed by atoms with Crippen molar-refractivity contribution in [2.24, 2.45) is 11.7 Å². The summed E-state index contributed by atoms with van der Waals surface area (Å²) in [5.41, 5.74) is 6.32. The third-order valence-electron chi connectivity index (χ3n) is 9.14. The van der Waals surface area contributed by atoms with Gasteiger partial charge in [0.15, 0.2) is 6.10 Å². The molecule has 0 aromatic heterocycles. The molecule has 7 N–H and O–H groups in total. The highest BCUT2D eigenvalue weighted by molar-refractivity contribution is 5.99. The van der Waals surface area contributed by atoms with Crippen LogP contribution in [-0.4, -0.2) is 70.6 Å². The summed E-state index contributed by atoms with van der Waals surface area (Å²) in [6.07, 6.45) is -8.60. The summed E-state index contributed by atoms with van der Waals surface area (Å²) in [4.78, 5) is 65.7. The first-order valence-corrected chi connectivity index (χ1v) is 17.1. The number of hydrogen-bond donors (Lipinski definition) is 6. The van der Waals surface area contributed by atoms with Gasteiger partial charge in [-0.1, -0.05) is 86.6 Å². The first-order valence-electron chi connectivity index (χ1n) is 17.1. The van der Waals surface area contributed by atoms with Crippen LogP contribution in [0.15, 0.2) is 84.9 Å². The largest absolute Gasteiger partial charge is 0.416 e. The van der Waals surface area contributed by atoms with Crippen molar-refractivity contribution >= 4 is 29.5 Å². The summed E-state index contributed by atoms with van der Waals surface area (Å²) in [6.45, 7) is 3.46. The van der Waals surface area contributed by atoms with Crippen LogP contribution >= 0.6 is 0 Å². The van der Waals surface area contributed by atoms with Crippen molar-refractivity contribution in [2.45, 2.75) is 88.3 Å². The minimum atomic E-state index is -5.11. The number of carbonyl (C=O) groups is 5. The zero-order chi connectivity index (χ0) is 38.1. The average Bonchev–Trinajstić information content (AvgIpc) is 3.09. The summed E-state index contributed by atoms with van der Waals surface area (Å²) in [5.74, 6) is -4.24. The smallest absolute Gasteiger partial charge is 0.382 e. The Morgan fingerprint density at radius 2 is 1.38 bits per heavy atom. The molecule has 0 heterocycles. The number of halogens is 3. The quantitative estimate of drug-likeness (QED) is 0.132. The standard InChI is InChI=1S/C38H44F3N5O6/c1-23(2)31(45-33(49)27-16-14-26(15-17-27)25-12-7-4-8-13-25)35(51)43-29(22-24-10-5-3-6-11-24)34(50)46-37(20-9-21-37)36(52)44-28(18-19-30(42)47)32(48)38(39,40)41/h3-8,10-17,23,28-29,31-32,48H,9,18-22H2,1-2H3,(H2,42,47)(H,43,51)(H,44,52)(H,45,49)(H,46,50)/t28?,29-,31-,32?/m0/s1. The number of nitrogens with one attached hydrogen (secondary N) is 4. The number of alkyl halides is 3. The van der Waals surface area contributed by atoms with Gasteiger partial charge in [0.25, 0.3) is 5.91 Å². The van der Waals surface area contributed by atoms with Crippen LogP contribution in [-0.2, 0) is 25.6 Å². The summed E-state index contributed by atoms with van der Waals surface area (Å²) >= 11 is 0. The molecule has 0 saturated heterocycles. The van der Waals surface area contributed by atoms with E-state index < -0.39 is 84.2 Å². The third-order valence-corrected chi connectivity index (χ3v) is 9.14. The van der Waals surface area contributed by atoms with Gasteiger partial charge in [0.2, 0.25) is 23.6 Å². The van der Waals surface area contributed by atoms with E-state index in [1.807, 2.05) is 30.3 Å². The number of primary amides is 1. The van der Waals surface area contributed by atoms with Crippen molar-refractivity contribution < 1.29 is 42.3 Å². The lowest BCUT2D eigenvalue weighted by Crippen LogP contribution is -2.68. The molecule has 14 heteroatoms. The molecule has 4 atom stereocenters. The molecule has 0 aliphatic heterocycles. The molecule has 1 aliphatic rings. The molecule has 5 amide bonds. The molecule has 2 unspecified atom stereocenters. The zero-order valence-corrected chi connectivity index (χ0v) is 28.9. The molecular weight excluding hydrogens is 679 g/mol. The molecule has 0 spiro atoms. The van der Waals surface area contributed by atoms with Crippen LogP contribution in [0.25, 0.3) is 11.1 Å². The monoisotopic (exact) mass is 723 g/mol. The molecule has 52 heavy (non-hydrogen) atoms. The number of carbonyl (C=O) groups excluding carboxylic acids is 5. The van der Waals surface area contributed by atoms with E-state index in [9.17, 15) is 42.3 Å². The Morgan fingerprint density at radius 3 is 1.90 bits per heavy atom. The topological polar surface area (TPSA) is 180 Å². The number of hydrogen-bond acceptors (Lipinski definition) is 6. The van der Waals surface area contributed by atoms with E-state index in [0.29, 0.717) is 17.5 Å². The molecule has 0 bridgehead atoms. The van der Waals surface area contributed by atoms with Crippen molar-refractivity contribution in [3.05, 3.63) is 96.1 Å². The Balaban J connectivity index is 1.51. The molecule has 0 radical (unpaired) electrons. The summed E-state index contributed by atoms with van der Waals surface area (Å²) in [6, 6.07) is 21.0. The maximum atomic E-state index is 13.9. The van der Waals surface area contributed by atoms with Crippen LogP contribution < -0.4 is 27.0 Å². The van der Waals surface area contributed by atoms with Gasteiger partial charge in [-0.25, -0.2) is 0 Å². The number of aliphatic hydroxyl groups excluding tert-OH is 1. The summed E-state index contributed by atoms with van der Waals surface area (Å²) in [5, 5.41) is 20.2. The fourth-order valence-corrected chi connectivity index (χ4v) is 5.93. The first kappa shape index (κ1) is 39.5. The molecular formula is C38H44F3N5O6. The molecule has 3 aromatic carbocycles. The Bertz CT molecular complexity index is 1700. The SMILES string of the molecule is CC(C)[C@H](NC(=O)c1ccc(-c2ccccc2)cc1)C(=O)N[C@@H](Cc1ccccc1)C(=O)NC1(C(=O)NC(CCC(N)=O)C(O)C(F)(F)F)CCC1. The van der Waals surface area contributed by atoms with E-state index in [0.717, 1.165) is 11.1 Å². The average molecular weight is 724 g/mol. The Hall–Kier alpha value is -5.24.